The molecule has 1 atom stereocenters. The molecule has 0 amide bonds. The van der Waals surface area contributed by atoms with Gasteiger partial charge in [-0.25, -0.2) is 0 Å². The topological polar surface area (TPSA) is 92.5 Å². The second kappa shape index (κ2) is 4.71. The summed E-state index contributed by atoms with van der Waals surface area (Å²) in [5.74, 6) is 0.715. The van der Waals surface area contributed by atoms with Gasteiger partial charge in [0.15, 0.2) is 0 Å². The zero-order valence-corrected chi connectivity index (χ0v) is 11.5. The van der Waals surface area contributed by atoms with Crippen molar-refractivity contribution in [3.63, 3.8) is 0 Å². The van der Waals surface area contributed by atoms with Gasteiger partial charge in [0.25, 0.3) is 0 Å². The first-order valence-electron chi connectivity index (χ1n) is 5.63. The number of rotatable bonds is 1. The van der Waals surface area contributed by atoms with Crippen LogP contribution >= 0.6 is 23.2 Å². The molecule has 0 aliphatic carbocycles. The molecule has 0 saturated heterocycles. The fourth-order valence-electron chi connectivity index (χ4n) is 2.04. The molecule has 0 unspecified atom stereocenters. The van der Waals surface area contributed by atoms with Crippen LogP contribution in [-0.2, 0) is 0 Å². The van der Waals surface area contributed by atoms with Gasteiger partial charge in [-0.15, -0.1) is 0 Å². The number of nitriles is 1. The number of benzene rings is 1. The Morgan fingerprint density at radius 1 is 1.35 bits per heavy atom. The van der Waals surface area contributed by atoms with E-state index in [9.17, 15) is 5.26 Å². The fourth-order valence-corrected chi connectivity index (χ4v) is 2.35. The number of fused-ring (bicyclic) bond motifs is 1. The van der Waals surface area contributed by atoms with E-state index >= 15 is 0 Å². The van der Waals surface area contributed by atoms with Crippen molar-refractivity contribution in [2.75, 3.05) is 5.32 Å². The molecule has 1 aliphatic rings. The summed E-state index contributed by atoms with van der Waals surface area (Å²) in [7, 11) is 0. The van der Waals surface area contributed by atoms with Gasteiger partial charge >= 0.3 is 0 Å². The lowest BCUT2D eigenvalue weighted by Gasteiger charge is -2.25. The molecule has 1 aromatic heterocycles. The highest BCUT2D eigenvalue weighted by atomic mass is 35.5. The summed E-state index contributed by atoms with van der Waals surface area (Å²) in [4.78, 5) is 4.05. The summed E-state index contributed by atoms with van der Waals surface area (Å²) in [5.41, 5.74) is 7.08. The molecule has 1 aliphatic heterocycles. The summed E-state index contributed by atoms with van der Waals surface area (Å²) in [6.45, 7) is 0. The van der Waals surface area contributed by atoms with Gasteiger partial charge in [-0.2, -0.15) is 20.0 Å². The number of aromatic nitrogens is 3. The molecule has 0 saturated carbocycles. The maximum Gasteiger partial charge on any atom is 0.228 e. The minimum atomic E-state index is -0.438. The van der Waals surface area contributed by atoms with Gasteiger partial charge in [0, 0.05) is 0 Å². The molecule has 0 fully saturated rings. The van der Waals surface area contributed by atoms with Crippen molar-refractivity contribution in [3.05, 3.63) is 45.7 Å². The SMILES string of the molecule is N#CC1=C(N)n2ncnc2N[C@H]1c1ccc(Cl)c(Cl)c1. The van der Waals surface area contributed by atoms with E-state index in [0.29, 0.717) is 21.6 Å². The molecule has 0 spiro atoms. The quantitative estimate of drug-likeness (QED) is 0.844. The van der Waals surface area contributed by atoms with Crippen molar-refractivity contribution in [2.45, 2.75) is 6.04 Å². The van der Waals surface area contributed by atoms with Crippen LogP contribution in [0.5, 0.6) is 0 Å². The van der Waals surface area contributed by atoms with E-state index in [2.05, 4.69) is 21.5 Å². The summed E-state index contributed by atoms with van der Waals surface area (Å²) in [5, 5.41) is 17.2. The Bertz CT molecular complexity index is 758. The third-order valence-electron chi connectivity index (χ3n) is 3.01. The van der Waals surface area contributed by atoms with Crippen LogP contribution in [0.25, 0.3) is 5.82 Å². The van der Waals surface area contributed by atoms with Crippen LogP contribution in [0.3, 0.4) is 0 Å². The van der Waals surface area contributed by atoms with E-state index in [1.165, 1.54) is 11.0 Å². The van der Waals surface area contributed by atoms with Crippen LogP contribution in [0.4, 0.5) is 5.95 Å². The molecule has 2 aromatic rings. The summed E-state index contributed by atoms with van der Waals surface area (Å²) in [6, 6.07) is 6.80. The molecule has 2 heterocycles. The van der Waals surface area contributed by atoms with Crippen LogP contribution in [0.2, 0.25) is 10.0 Å². The average molecular weight is 307 g/mol. The number of nitrogens with two attached hydrogens (primary N) is 1. The molecule has 100 valence electrons. The van der Waals surface area contributed by atoms with Gasteiger partial charge in [0.05, 0.1) is 21.7 Å². The second-order valence-electron chi connectivity index (χ2n) is 4.16. The molecule has 1 aromatic carbocycles. The maximum atomic E-state index is 9.33. The summed E-state index contributed by atoms with van der Waals surface area (Å²) < 4.78 is 1.38. The first-order valence-corrected chi connectivity index (χ1v) is 6.39. The van der Waals surface area contributed by atoms with E-state index in [1.54, 1.807) is 18.2 Å². The Kier molecular flexibility index (Phi) is 3.01. The van der Waals surface area contributed by atoms with Gasteiger partial charge in [-0.05, 0) is 17.7 Å². The Morgan fingerprint density at radius 3 is 2.85 bits per heavy atom. The lowest BCUT2D eigenvalue weighted by molar-refractivity contribution is 0.794. The molecule has 6 nitrogen and oxygen atoms in total. The highest BCUT2D eigenvalue weighted by Gasteiger charge is 2.28. The smallest absolute Gasteiger partial charge is 0.228 e. The van der Waals surface area contributed by atoms with Crippen LogP contribution in [-0.4, -0.2) is 14.8 Å². The average Bonchev–Trinajstić information content (AvgIpc) is 2.90. The van der Waals surface area contributed by atoms with Crippen molar-refractivity contribution in [1.29, 1.82) is 5.26 Å². The van der Waals surface area contributed by atoms with E-state index < -0.39 is 6.04 Å². The van der Waals surface area contributed by atoms with Crippen molar-refractivity contribution in [3.8, 4) is 6.07 Å². The number of hydrogen-bond donors (Lipinski definition) is 2. The zero-order valence-electron chi connectivity index (χ0n) is 10.0. The highest BCUT2D eigenvalue weighted by molar-refractivity contribution is 6.42. The Balaban J connectivity index is 2.13. The predicted octanol–water partition coefficient (Wildman–Crippen LogP) is 2.40. The molecule has 20 heavy (non-hydrogen) atoms. The van der Waals surface area contributed by atoms with Crippen LogP contribution in [0.1, 0.15) is 11.6 Å². The number of nitrogens with zero attached hydrogens (tertiary/aromatic N) is 4. The second-order valence-corrected chi connectivity index (χ2v) is 4.97. The van der Waals surface area contributed by atoms with E-state index in [0.717, 1.165) is 5.56 Å². The minimum absolute atomic E-state index is 0.245. The normalized spacial score (nSPS) is 17.4. The van der Waals surface area contributed by atoms with Crippen molar-refractivity contribution in [2.24, 2.45) is 5.73 Å². The standard InChI is InChI=1S/C12H8Cl2N6/c13-8-2-1-6(3-9(8)14)10-7(4-15)11(16)20-12(19-10)17-5-18-20/h1-3,5,10H,16H2,(H,17,18,19)/t10-/m0/s1. The zero-order chi connectivity index (χ0) is 14.3. The molecular weight excluding hydrogens is 299 g/mol. The first-order chi connectivity index (χ1) is 9.61. The molecule has 3 rings (SSSR count). The molecular formula is C12H8Cl2N6. The fraction of sp³-hybridized carbons (Fsp3) is 0.0833. The number of anilines is 1. The van der Waals surface area contributed by atoms with Crippen LogP contribution < -0.4 is 11.1 Å². The van der Waals surface area contributed by atoms with Crippen molar-refractivity contribution in [1.82, 2.24) is 14.8 Å². The maximum absolute atomic E-state index is 9.33. The van der Waals surface area contributed by atoms with Crippen LogP contribution in [0.15, 0.2) is 30.1 Å². The Morgan fingerprint density at radius 2 is 2.15 bits per heavy atom. The van der Waals surface area contributed by atoms with E-state index in [1.807, 2.05) is 0 Å². The number of hydrogen-bond acceptors (Lipinski definition) is 5. The molecule has 0 radical (unpaired) electrons. The predicted molar refractivity (Wildman–Crippen MR) is 75.9 cm³/mol. The van der Waals surface area contributed by atoms with E-state index in [-0.39, 0.29) is 5.82 Å². The van der Waals surface area contributed by atoms with Gasteiger partial charge in [0.2, 0.25) is 5.95 Å². The number of nitrogens with one attached hydrogen (secondary N) is 1. The summed E-state index contributed by atoms with van der Waals surface area (Å²) >= 11 is 11.9. The van der Waals surface area contributed by atoms with Gasteiger partial charge in [-0.3, -0.25) is 0 Å². The monoisotopic (exact) mass is 306 g/mol. The van der Waals surface area contributed by atoms with Gasteiger partial charge < -0.3 is 11.1 Å². The Labute approximate surface area is 124 Å². The third kappa shape index (κ3) is 1.88. The van der Waals surface area contributed by atoms with Crippen molar-refractivity contribution >= 4 is 35.0 Å². The number of halogens is 2. The summed E-state index contributed by atoms with van der Waals surface area (Å²) in [6.07, 6.45) is 1.36. The van der Waals surface area contributed by atoms with E-state index in [4.69, 9.17) is 28.9 Å². The largest absolute Gasteiger partial charge is 0.383 e. The highest BCUT2D eigenvalue weighted by Crippen LogP contribution is 2.34. The van der Waals surface area contributed by atoms with Gasteiger partial charge in [-0.1, -0.05) is 29.3 Å². The van der Waals surface area contributed by atoms with Crippen molar-refractivity contribution < 1.29 is 0 Å². The first kappa shape index (κ1) is 12.8. The van der Waals surface area contributed by atoms with Gasteiger partial charge in [0.1, 0.15) is 18.2 Å². The Hall–Kier alpha value is -2.23. The third-order valence-corrected chi connectivity index (χ3v) is 3.75. The lowest BCUT2D eigenvalue weighted by Crippen LogP contribution is -2.27. The lowest BCUT2D eigenvalue weighted by atomic mass is 9.98. The minimum Gasteiger partial charge on any atom is -0.383 e. The molecule has 0 bridgehead atoms. The van der Waals surface area contributed by atoms with Crippen LogP contribution in [0, 0.1) is 11.3 Å². The molecule has 8 heteroatoms. The molecule has 3 N–H and O–H groups in total.